The lowest BCUT2D eigenvalue weighted by Crippen LogP contribution is -2.34. The van der Waals surface area contributed by atoms with Gasteiger partial charge in [-0.1, -0.05) is 99.2 Å². The van der Waals surface area contributed by atoms with Crippen molar-refractivity contribution in [3.05, 3.63) is 79.0 Å². The molecule has 0 atom stereocenters. The predicted octanol–water partition coefficient (Wildman–Crippen LogP) is 8.57. The van der Waals surface area contributed by atoms with E-state index in [0.717, 1.165) is 12.5 Å². The van der Waals surface area contributed by atoms with Crippen molar-refractivity contribution in [3.63, 3.8) is 0 Å². The van der Waals surface area contributed by atoms with Crippen molar-refractivity contribution in [1.82, 2.24) is 0 Å². The van der Waals surface area contributed by atoms with Gasteiger partial charge >= 0.3 is 0 Å². The average molecular weight is 441 g/mol. The molecule has 1 nitrogen and oxygen atoms in total. The fourth-order valence-electron chi connectivity index (χ4n) is 5.26. The molecule has 164 valence electrons. The highest BCUT2D eigenvalue weighted by Gasteiger charge is 2.14. The van der Waals surface area contributed by atoms with E-state index in [1.807, 2.05) is 11.8 Å². The van der Waals surface area contributed by atoms with E-state index in [1.54, 1.807) is 0 Å². The monoisotopic (exact) mass is 440 g/mol. The topological polar surface area (TPSA) is 3.88 Å². The standard InChI is InChI=1S/C30H34NS/c1-3-11-24(12-4-1)13-5-2-10-20-31-23-29(22-27-16-8-9-17-30(27)31)32-28-19-18-25-14-6-7-15-26(25)21-28/h6-9,14-19,21-24H,1-5,10-13,20H2/q+1. The summed E-state index contributed by atoms with van der Waals surface area (Å²) in [6.45, 7) is 1.11. The third-order valence-corrected chi connectivity index (χ3v) is 7.97. The number of hydrogen-bond donors (Lipinski definition) is 0. The number of rotatable bonds is 8. The van der Waals surface area contributed by atoms with Gasteiger partial charge in [0.2, 0.25) is 5.52 Å². The summed E-state index contributed by atoms with van der Waals surface area (Å²) in [6.07, 6.45) is 15.2. The molecular formula is C30H34NS+. The number of para-hydroxylation sites is 1. The second kappa shape index (κ2) is 10.5. The fraction of sp³-hybridized carbons (Fsp3) is 0.367. The first-order valence-electron chi connectivity index (χ1n) is 12.4. The summed E-state index contributed by atoms with van der Waals surface area (Å²) in [5.41, 5.74) is 1.35. The van der Waals surface area contributed by atoms with Crippen LogP contribution in [0.25, 0.3) is 21.7 Å². The van der Waals surface area contributed by atoms with Crippen LogP contribution in [0.15, 0.2) is 88.8 Å². The van der Waals surface area contributed by atoms with Crippen LogP contribution in [0.4, 0.5) is 0 Å². The Labute approximate surface area is 196 Å². The Bertz CT molecular complexity index is 1180. The molecule has 3 aromatic carbocycles. The van der Waals surface area contributed by atoms with Gasteiger partial charge in [-0.3, -0.25) is 0 Å². The number of pyridine rings is 1. The zero-order valence-electron chi connectivity index (χ0n) is 19.0. The lowest BCUT2D eigenvalue weighted by Gasteiger charge is -2.21. The highest BCUT2D eigenvalue weighted by molar-refractivity contribution is 7.99. The highest BCUT2D eigenvalue weighted by atomic mass is 32.2. The summed E-state index contributed by atoms with van der Waals surface area (Å²) in [6, 6.07) is 26.6. The number of nitrogens with zero attached hydrogens (tertiary/aromatic N) is 1. The number of hydrogen-bond acceptors (Lipinski definition) is 1. The zero-order chi connectivity index (χ0) is 21.6. The molecule has 0 bridgehead atoms. The molecule has 32 heavy (non-hydrogen) atoms. The van der Waals surface area contributed by atoms with Crippen LogP contribution >= 0.6 is 11.8 Å². The maximum atomic E-state index is 2.49. The maximum absolute atomic E-state index is 2.49. The Kier molecular flexibility index (Phi) is 7.08. The molecule has 2 heteroatoms. The molecule has 0 radical (unpaired) electrons. The van der Waals surface area contributed by atoms with Gasteiger partial charge in [0.1, 0.15) is 6.54 Å². The normalized spacial score (nSPS) is 14.9. The van der Waals surface area contributed by atoms with Gasteiger partial charge in [0, 0.05) is 22.8 Å². The minimum absolute atomic E-state index is 1.01. The van der Waals surface area contributed by atoms with E-state index in [9.17, 15) is 0 Å². The van der Waals surface area contributed by atoms with E-state index < -0.39 is 0 Å². The van der Waals surface area contributed by atoms with Gasteiger partial charge in [0.05, 0.1) is 4.90 Å². The molecular weight excluding hydrogens is 406 g/mol. The van der Waals surface area contributed by atoms with Crippen LogP contribution in [0.2, 0.25) is 0 Å². The molecule has 1 fully saturated rings. The lowest BCUT2D eigenvalue weighted by molar-refractivity contribution is -0.673. The van der Waals surface area contributed by atoms with E-state index in [2.05, 4.69) is 83.6 Å². The molecule has 0 spiro atoms. The lowest BCUT2D eigenvalue weighted by atomic mass is 9.85. The van der Waals surface area contributed by atoms with Crippen molar-refractivity contribution >= 4 is 33.4 Å². The van der Waals surface area contributed by atoms with E-state index in [4.69, 9.17) is 0 Å². The summed E-state index contributed by atoms with van der Waals surface area (Å²) in [4.78, 5) is 2.62. The van der Waals surface area contributed by atoms with E-state index in [-0.39, 0.29) is 0 Å². The molecule has 1 heterocycles. The molecule has 1 saturated carbocycles. The molecule has 4 aromatic rings. The van der Waals surface area contributed by atoms with Crippen LogP contribution in [-0.4, -0.2) is 0 Å². The van der Waals surface area contributed by atoms with Crippen LogP contribution < -0.4 is 4.57 Å². The van der Waals surface area contributed by atoms with Crippen molar-refractivity contribution < 1.29 is 4.57 Å². The van der Waals surface area contributed by atoms with Gasteiger partial charge in [-0.05, 0) is 47.4 Å². The van der Waals surface area contributed by atoms with Gasteiger partial charge in [0.25, 0.3) is 0 Å². The third-order valence-electron chi connectivity index (χ3n) is 7.02. The van der Waals surface area contributed by atoms with Crippen molar-refractivity contribution in [2.75, 3.05) is 0 Å². The Morgan fingerprint density at radius 1 is 0.688 bits per heavy atom. The Morgan fingerprint density at radius 2 is 1.44 bits per heavy atom. The molecule has 0 unspecified atom stereocenters. The Hall–Kier alpha value is -2.32. The van der Waals surface area contributed by atoms with Crippen LogP contribution in [-0.2, 0) is 6.54 Å². The summed E-state index contributed by atoms with van der Waals surface area (Å²) < 4.78 is 2.49. The average Bonchev–Trinajstić information content (AvgIpc) is 2.84. The van der Waals surface area contributed by atoms with Gasteiger partial charge in [-0.2, -0.15) is 4.57 Å². The smallest absolute Gasteiger partial charge is 0.197 e. The van der Waals surface area contributed by atoms with E-state index in [0.29, 0.717) is 0 Å². The SMILES string of the molecule is c1ccc2cc(Sc3cc4ccccc4[n+](CCCCCC4CCCCC4)c3)ccc2c1. The van der Waals surface area contributed by atoms with E-state index in [1.165, 1.54) is 89.3 Å². The molecule has 0 aliphatic heterocycles. The first kappa shape index (κ1) is 21.5. The number of aromatic nitrogens is 1. The van der Waals surface area contributed by atoms with Gasteiger partial charge < -0.3 is 0 Å². The number of unbranched alkanes of at least 4 members (excludes halogenated alkanes) is 2. The minimum Gasteiger partial charge on any atom is -0.197 e. The Morgan fingerprint density at radius 3 is 2.31 bits per heavy atom. The molecule has 0 N–H and O–H groups in total. The summed E-state index contributed by atoms with van der Waals surface area (Å²) >= 11 is 1.87. The molecule has 0 saturated heterocycles. The predicted molar refractivity (Wildman–Crippen MR) is 137 cm³/mol. The number of fused-ring (bicyclic) bond motifs is 2. The van der Waals surface area contributed by atoms with Crippen molar-refractivity contribution in [2.45, 2.75) is 74.1 Å². The second-order valence-corrected chi connectivity index (χ2v) is 10.5. The van der Waals surface area contributed by atoms with Gasteiger partial charge in [-0.15, -0.1) is 0 Å². The molecule has 0 amide bonds. The zero-order valence-corrected chi connectivity index (χ0v) is 19.8. The quantitative estimate of drug-likeness (QED) is 0.196. The maximum Gasteiger partial charge on any atom is 0.212 e. The Balaban J connectivity index is 1.27. The van der Waals surface area contributed by atoms with Crippen molar-refractivity contribution in [3.8, 4) is 0 Å². The summed E-state index contributed by atoms with van der Waals surface area (Å²) in [5, 5.41) is 3.95. The minimum atomic E-state index is 1.01. The van der Waals surface area contributed by atoms with Crippen molar-refractivity contribution in [2.24, 2.45) is 5.92 Å². The summed E-state index contributed by atoms with van der Waals surface area (Å²) in [7, 11) is 0. The highest BCUT2D eigenvalue weighted by Crippen LogP contribution is 2.31. The largest absolute Gasteiger partial charge is 0.212 e. The molecule has 1 aliphatic rings. The van der Waals surface area contributed by atoms with E-state index >= 15 is 0 Å². The first-order valence-corrected chi connectivity index (χ1v) is 13.3. The fourth-order valence-corrected chi connectivity index (χ4v) is 6.22. The second-order valence-electron chi connectivity index (χ2n) is 9.39. The van der Waals surface area contributed by atoms with Crippen LogP contribution in [0.1, 0.15) is 57.8 Å². The summed E-state index contributed by atoms with van der Waals surface area (Å²) in [5.74, 6) is 1.01. The number of benzene rings is 3. The van der Waals surface area contributed by atoms with Gasteiger partial charge in [0.15, 0.2) is 6.20 Å². The van der Waals surface area contributed by atoms with Crippen LogP contribution in [0.5, 0.6) is 0 Å². The van der Waals surface area contributed by atoms with Crippen molar-refractivity contribution in [1.29, 1.82) is 0 Å². The first-order chi connectivity index (χ1) is 15.8. The third kappa shape index (κ3) is 5.35. The van der Waals surface area contributed by atoms with Crippen LogP contribution in [0, 0.1) is 5.92 Å². The molecule has 1 aromatic heterocycles. The van der Waals surface area contributed by atoms with Crippen LogP contribution in [0.3, 0.4) is 0 Å². The van der Waals surface area contributed by atoms with Gasteiger partial charge in [-0.25, -0.2) is 0 Å². The molecule has 5 rings (SSSR count). The number of aryl methyl sites for hydroxylation is 1. The molecule has 1 aliphatic carbocycles.